The van der Waals surface area contributed by atoms with E-state index in [1.165, 1.54) is 0 Å². The molecular formula is C7H12O3. The number of methoxy groups -OCH3 is 1. The van der Waals surface area contributed by atoms with Crippen molar-refractivity contribution in [1.29, 1.82) is 0 Å². The first-order chi connectivity index (χ1) is 4.70. The minimum atomic E-state index is -0.417. The van der Waals surface area contributed by atoms with E-state index in [-0.39, 0.29) is 6.29 Å². The van der Waals surface area contributed by atoms with Crippen molar-refractivity contribution in [3.05, 3.63) is 0 Å². The Hall–Kier alpha value is -0.720. The number of hydrogen-bond acceptors (Lipinski definition) is 3. The molecule has 0 aliphatic rings. The van der Waals surface area contributed by atoms with Gasteiger partial charge in [0.25, 0.3) is 0 Å². The predicted octanol–water partition coefficient (Wildman–Crippen LogP) is 0.949. The molecule has 10 heavy (non-hydrogen) atoms. The van der Waals surface area contributed by atoms with Gasteiger partial charge in [0.05, 0.1) is 0 Å². The van der Waals surface area contributed by atoms with E-state index in [1.54, 1.807) is 21.0 Å². The van der Waals surface area contributed by atoms with Gasteiger partial charge in [0, 0.05) is 7.11 Å². The summed E-state index contributed by atoms with van der Waals surface area (Å²) in [5, 5.41) is 0. The maximum atomic E-state index is 5.05. The molecule has 0 heterocycles. The van der Waals surface area contributed by atoms with Gasteiger partial charge in [-0.2, -0.15) is 0 Å². The van der Waals surface area contributed by atoms with E-state index >= 15 is 0 Å². The van der Waals surface area contributed by atoms with Gasteiger partial charge in [-0.3, -0.25) is 0 Å². The lowest BCUT2D eigenvalue weighted by Gasteiger charge is -2.15. The molecule has 0 saturated heterocycles. The van der Waals surface area contributed by atoms with Gasteiger partial charge in [-0.15, -0.1) is 0 Å². The van der Waals surface area contributed by atoms with Crippen molar-refractivity contribution in [3.8, 4) is 12.5 Å². The Bertz CT molecular complexity index is 117. The van der Waals surface area contributed by atoms with Gasteiger partial charge in [-0.25, -0.2) is 0 Å². The third-order valence-electron chi connectivity index (χ3n) is 0.949. The van der Waals surface area contributed by atoms with E-state index in [0.717, 1.165) is 0 Å². The van der Waals surface area contributed by atoms with Crippen LogP contribution in [-0.4, -0.2) is 19.7 Å². The molecule has 0 radical (unpaired) electrons. The minimum absolute atomic E-state index is 0.289. The molecule has 2 unspecified atom stereocenters. The summed E-state index contributed by atoms with van der Waals surface area (Å²) in [6.45, 7) is 3.46. The van der Waals surface area contributed by atoms with Gasteiger partial charge in [-0.1, -0.05) is 6.42 Å². The second-order valence-corrected chi connectivity index (χ2v) is 1.74. The van der Waals surface area contributed by atoms with E-state index in [1.807, 2.05) is 6.11 Å². The summed E-state index contributed by atoms with van der Waals surface area (Å²) in [5.74, 6) is 0. The molecule has 0 fully saturated rings. The van der Waals surface area contributed by atoms with Crippen LogP contribution >= 0.6 is 0 Å². The van der Waals surface area contributed by atoms with Gasteiger partial charge in [-0.05, 0) is 13.8 Å². The molecule has 3 heteroatoms. The van der Waals surface area contributed by atoms with Crippen molar-refractivity contribution in [2.24, 2.45) is 0 Å². The monoisotopic (exact) mass is 144 g/mol. The number of hydrogen-bond donors (Lipinski definition) is 0. The average Bonchev–Trinajstić information content (AvgIpc) is 1.88. The third-order valence-corrected chi connectivity index (χ3v) is 0.949. The maximum Gasteiger partial charge on any atom is 0.209 e. The highest BCUT2D eigenvalue weighted by atomic mass is 16.8. The molecule has 3 nitrogen and oxygen atoms in total. The van der Waals surface area contributed by atoms with Crippen molar-refractivity contribution in [3.63, 3.8) is 0 Å². The fourth-order valence-corrected chi connectivity index (χ4v) is 0.449. The van der Waals surface area contributed by atoms with E-state index in [2.05, 4.69) is 4.74 Å². The smallest absolute Gasteiger partial charge is 0.209 e. The zero-order valence-corrected chi connectivity index (χ0v) is 6.46. The number of ether oxygens (including phenoxy) is 3. The fourth-order valence-electron chi connectivity index (χ4n) is 0.449. The van der Waals surface area contributed by atoms with Gasteiger partial charge in [0.15, 0.2) is 6.29 Å². The van der Waals surface area contributed by atoms with Crippen LogP contribution in [0, 0.1) is 12.5 Å². The molecule has 0 bridgehead atoms. The molecule has 0 aromatic carbocycles. The maximum absolute atomic E-state index is 5.05. The topological polar surface area (TPSA) is 27.7 Å². The van der Waals surface area contributed by atoms with Crippen LogP contribution in [-0.2, 0) is 14.2 Å². The van der Waals surface area contributed by atoms with Crippen LogP contribution in [0.25, 0.3) is 0 Å². The highest BCUT2D eigenvalue weighted by Crippen LogP contribution is 1.98. The van der Waals surface area contributed by atoms with Gasteiger partial charge in [0.1, 0.15) is 6.11 Å². The Morgan fingerprint density at radius 3 is 2.30 bits per heavy atom. The number of terminal acetylenes is 1. The molecular weight excluding hydrogens is 132 g/mol. The van der Waals surface area contributed by atoms with Crippen molar-refractivity contribution in [2.75, 3.05) is 7.11 Å². The van der Waals surface area contributed by atoms with Crippen molar-refractivity contribution in [1.82, 2.24) is 0 Å². The molecule has 0 aliphatic carbocycles. The number of rotatable bonds is 4. The largest absolute Gasteiger partial charge is 0.415 e. The van der Waals surface area contributed by atoms with Crippen LogP contribution in [0.5, 0.6) is 0 Å². The van der Waals surface area contributed by atoms with Crippen molar-refractivity contribution < 1.29 is 14.2 Å². The Balaban J connectivity index is 3.38. The lowest BCUT2D eigenvalue weighted by Crippen LogP contribution is -2.19. The fraction of sp³-hybridized carbons (Fsp3) is 0.714. The van der Waals surface area contributed by atoms with Crippen LogP contribution in [0.3, 0.4) is 0 Å². The van der Waals surface area contributed by atoms with Crippen LogP contribution in [0.15, 0.2) is 0 Å². The Kier molecular flexibility index (Phi) is 4.73. The Labute approximate surface area is 61.3 Å². The zero-order chi connectivity index (χ0) is 7.98. The van der Waals surface area contributed by atoms with Crippen molar-refractivity contribution >= 4 is 0 Å². The standard InChI is InChI=1S/C7H12O3/c1-5-9-7(3)10-6(2)8-4/h1,6-7H,2-4H3. The predicted molar refractivity (Wildman–Crippen MR) is 36.9 cm³/mol. The average molecular weight is 144 g/mol. The van der Waals surface area contributed by atoms with Crippen LogP contribution in [0.2, 0.25) is 0 Å². The minimum Gasteiger partial charge on any atom is -0.415 e. The summed E-state index contributed by atoms with van der Waals surface area (Å²) < 4.78 is 14.5. The van der Waals surface area contributed by atoms with Gasteiger partial charge < -0.3 is 14.2 Å². The molecule has 0 amide bonds. The van der Waals surface area contributed by atoms with E-state index in [9.17, 15) is 0 Å². The summed E-state index contributed by atoms with van der Waals surface area (Å²) in [5.41, 5.74) is 0. The Morgan fingerprint density at radius 1 is 1.30 bits per heavy atom. The molecule has 0 aromatic heterocycles. The second-order valence-electron chi connectivity index (χ2n) is 1.74. The van der Waals surface area contributed by atoms with E-state index in [0.29, 0.717) is 0 Å². The summed E-state index contributed by atoms with van der Waals surface area (Å²) in [6, 6.07) is 0. The molecule has 0 saturated carbocycles. The highest BCUT2D eigenvalue weighted by molar-refractivity contribution is 4.68. The quantitative estimate of drug-likeness (QED) is 0.434. The summed E-state index contributed by atoms with van der Waals surface area (Å²) >= 11 is 0. The molecule has 0 spiro atoms. The lowest BCUT2D eigenvalue weighted by molar-refractivity contribution is -0.201. The first-order valence-corrected chi connectivity index (χ1v) is 3.00. The Morgan fingerprint density at radius 2 is 1.90 bits per heavy atom. The molecule has 0 rings (SSSR count). The van der Waals surface area contributed by atoms with Gasteiger partial charge >= 0.3 is 0 Å². The second kappa shape index (κ2) is 5.10. The molecule has 2 atom stereocenters. The van der Waals surface area contributed by atoms with Crippen LogP contribution in [0.1, 0.15) is 13.8 Å². The molecule has 0 N–H and O–H groups in total. The third kappa shape index (κ3) is 4.19. The van der Waals surface area contributed by atoms with Gasteiger partial charge in [0.2, 0.25) is 6.29 Å². The summed E-state index contributed by atoms with van der Waals surface area (Å²) in [7, 11) is 1.55. The van der Waals surface area contributed by atoms with E-state index in [4.69, 9.17) is 15.9 Å². The normalized spacial score (nSPS) is 15.4. The van der Waals surface area contributed by atoms with E-state index < -0.39 is 6.29 Å². The molecule has 58 valence electrons. The molecule has 0 aromatic rings. The van der Waals surface area contributed by atoms with Crippen molar-refractivity contribution in [2.45, 2.75) is 26.4 Å². The van der Waals surface area contributed by atoms with Crippen LogP contribution < -0.4 is 0 Å². The first kappa shape index (κ1) is 9.28. The molecule has 0 aliphatic heterocycles. The summed E-state index contributed by atoms with van der Waals surface area (Å²) in [4.78, 5) is 0. The first-order valence-electron chi connectivity index (χ1n) is 3.00. The lowest BCUT2D eigenvalue weighted by atomic mass is 10.7. The SMILES string of the molecule is C#COC(C)OC(C)OC. The zero-order valence-electron chi connectivity index (χ0n) is 6.46. The van der Waals surface area contributed by atoms with Crippen LogP contribution in [0.4, 0.5) is 0 Å². The summed E-state index contributed by atoms with van der Waals surface area (Å²) in [6.07, 6.45) is 6.16. The highest BCUT2D eigenvalue weighted by Gasteiger charge is 2.05.